The van der Waals surface area contributed by atoms with Crippen LogP contribution in [0.1, 0.15) is 30.9 Å². The molecule has 0 saturated carbocycles. The zero-order chi connectivity index (χ0) is 18.9. The molecule has 0 radical (unpaired) electrons. The third-order valence-corrected chi connectivity index (χ3v) is 4.99. The molecule has 0 spiro atoms. The first-order valence-electron chi connectivity index (χ1n) is 9.94. The topological polar surface area (TPSA) is 41.6 Å². The molecule has 0 bridgehead atoms. The third-order valence-electron chi connectivity index (χ3n) is 4.99. The van der Waals surface area contributed by atoms with Crippen molar-refractivity contribution in [2.45, 2.75) is 26.2 Å². The van der Waals surface area contributed by atoms with Crippen LogP contribution < -0.4 is 10.1 Å². The minimum absolute atomic E-state index is 0.0576. The minimum Gasteiger partial charge on any atom is -0.483 e. The monoisotopic (exact) mass is 366 g/mol. The highest BCUT2D eigenvalue weighted by atomic mass is 16.5. The number of amides is 1. The summed E-state index contributed by atoms with van der Waals surface area (Å²) in [5.41, 5.74) is 2.33. The normalized spacial score (nSPS) is 15.4. The van der Waals surface area contributed by atoms with Gasteiger partial charge in [-0.25, -0.2) is 0 Å². The number of benzene rings is 2. The van der Waals surface area contributed by atoms with E-state index in [9.17, 15) is 4.79 Å². The molecule has 1 fully saturated rings. The molecule has 1 saturated heterocycles. The molecule has 27 heavy (non-hydrogen) atoms. The van der Waals surface area contributed by atoms with Gasteiger partial charge >= 0.3 is 0 Å². The van der Waals surface area contributed by atoms with Gasteiger partial charge in [0.15, 0.2) is 6.61 Å². The number of hydrogen-bond acceptors (Lipinski definition) is 3. The van der Waals surface area contributed by atoms with Crippen molar-refractivity contribution < 1.29 is 9.53 Å². The van der Waals surface area contributed by atoms with Crippen LogP contribution in [0.25, 0.3) is 0 Å². The molecule has 0 aromatic heterocycles. The van der Waals surface area contributed by atoms with Gasteiger partial charge in [-0.2, -0.15) is 0 Å². The van der Waals surface area contributed by atoms with Gasteiger partial charge in [0.25, 0.3) is 5.91 Å². The second-order valence-corrected chi connectivity index (χ2v) is 7.48. The maximum absolute atomic E-state index is 12.2. The van der Waals surface area contributed by atoms with E-state index in [2.05, 4.69) is 35.3 Å². The van der Waals surface area contributed by atoms with Crippen molar-refractivity contribution in [2.24, 2.45) is 5.92 Å². The van der Waals surface area contributed by atoms with Crippen LogP contribution in [0.3, 0.4) is 0 Å². The molecule has 3 rings (SSSR count). The third kappa shape index (κ3) is 6.40. The number of ether oxygens (including phenoxy) is 1. The molecule has 1 N–H and O–H groups in total. The fourth-order valence-corrected chi connectivity index (χ4v) is 3.56. The number of hydrogen-bond donors (Lipinski definition) is 1. The fraction of sp³-hybridized carbons (Fsp3) is 0.435. The summed E-state index contributed by atoms with van der Waals surface area (Å²) in [7, 11) is 0. The van der Waals surface area contributed by atoms with E-state index >= 15 is 0 Å². The second-order valence-electron chi connectivity index (χ2n) is 7.48. The van der Waals surface area contributed by atoms with Crippen molar-refractivity contribution in [1.29, 1.82) is 0 Å². The number of nitrogens with one attached hydrogen (secondary N) is 1. The average Bonchev–Trinajstić information content (AvgIpc) is 3.19. The summed E-state index contributed by atoms with van der Waals surface area (Å²) in [6, 6.07) is 18.2. The van der Waals surface area contributed by atoms with Gasteiger partial charge in [-0.1, -0.05) is 55.5 Å². The standard InChI is InChI=1S/C23H30N2O2/c1-19(17-25-13-7-8-14-25)16-24-23(26)18-27-22-12-6-5-11-21(22)15-20-9-3-2-4-10-20/h2-6,9-12,19H,7-8,13-18H2,1H3,(H,24,26). The zero-order valence-corrected chi connectivity index (χ0v) is 16.2. The molecule has 1 atom stereocenters. The molecule has 1 aliphatic heterocycles. The molecular formula is C23H30N2O2. The van der Waals surface area contributed by atoms with Crippen molar-refractivity contribution >= 4 is 5.91 Å². The summed E-state index contributed by atoms with van der Waals surface area (Å²) in [6.07, 6.45) is 3.40. The number of likely N-dealkylation sites (tertiary alicyclic amines) is 1. The van der Waals surface area contributed by atoms with Crippen LogP contribution in [-0.2, 0) is 11.2 Å². The van der Waals surface area contributed by atoms with E-state index in [1.807, 2.05) is 36.4 Å². The number of carbonyl (C=O) groups excluding carboxylic acids is 1. The van der Waals surface area contributed by atoms with Gasteiger partial charge in [0.05, 0.1) is 0 Å². The highest BCUT2D eigenvalue weighted by molar-refractivity contribution is 5.77. The predicted molar refractivity (Wildman–Crippen MR) is 109 cm³/mol. The lowest BCUT2D eigenvalue weighted by Gasteiger charge is -2.20. The van der Waals surface area contributed by atoms with Crippen LogP contribution >= 0.6 is 0 Å². The molecule has 1 unspecified atom stereocenters. The first-order chi connectivity index (χ1) is 13.2. The molecule has 1 aliphatic rings. The largest absolute Gasteiger partial charge is 0.483 e. The van der Waals surface area contributed by atoms with Gasteiger partial charge in [-0.15, -0.1) is 0 Å². The van der Waals surface area contributed by atoms with Gasteiger partial charge in [0.1, 0.15) is 5.75 Å². The van der Waals surface area contributed by atoms with E-state index < -0.39 is 0 Å². The number of carbonyl (C=O) groups is 1. The molecule has 2 aromatic rings. The highest BCUT2D eigenvalue weighted by Gasteiger charge is 2.15. The predicted octanol–water partition coefficient (Wildman–Crippen LogP) is 3.50. The van der Waals surface area contributed by atoms with Gasteiger partial charge in [-0.3, -0.25) is 4.79 Å². The maximum atomic E-state index is 12.2. The summed E-state index contributed by atoms with van der Waals surface area (Å²) in [4.78, 5) is 14.7. The molecule has 1 heterocycles. The summed E-state index contributed by atoms with van der Waals surface area (Å²) < 4.78 is 5.81. The first-order valence-corrected chi connectivity index (χ1v) is 9.94. The molecule has 4 heteroatoms. The Labute approximate surface area is 162 Å². The lowest BCUT2D eigenvalue weighted by molar-refractivity contribution is -0.123. The lowest BCUT2D eigenvalue weighted by Crippen LogP contribution is -2.36. The first kappa shape index (κ1) is 19.4. The summed E-state index contributed by atoms with van der Waals surface area (Å²) >= 11 is 0. The van der Waals surface area contributed by atoms with E-state index in [0.29, 0.717) is 12.5 Å². The molecular weight excluding hydrogens is 336 g/mol. The van der Waals surface area contributed by atoms with E-state index in [-0.39, 0.29) is 12.5 Å². The molecule has 1 amide bonds. The second kappa shape index (κ2) is 10.1. The van der Waals surface area contributed by atoms with Gasteiger partial charge < -0.3 is 15.0 Å². The average molecular weight is 367 g/mol. The Kier molecular flexibility index (Phi) is 7.28. The van der Waals surface area contributed by atoms with Crippen LogP contribution in [0.5, 0.6) is 5.75 Å². The summed E-state index contributed by atoms with van der Waals surface area (Å²) in [5.74, 6) is 1.18. The molecule has 4 nitrogen and oxygen atoms in total. The van der Waals surface area contributed by atoms with Crippen LogP contribution in [0.4, 0.5) is 0 Å². The van der Waals surface area contributed by atoms with Gasteiger partial charge in [0.2, 0.25) is 0 Å². The van der Waals surface area contributed by atoms with Crippen LogP contribution in [-0.4, -0.2) is 43.6 Å². The Morgan fingerprint density at radius 1 is 1.07 bits per heavy atom. The van der Waals surface area contributed by atoms with E-state index in [4.69, 9.17) is 4.74 Å². The SMILES string of the molecule is CC(CNC(=O)COc1ccccc1Cc1ccccc1)CN1CCCC1. The van der Waals surface area contributed by atoms with E-state index in [1.165, 1.54) is 31.5 Å². The Bertz CT molecular complexity index is 711. The maximum Gasteiger partial charge on any atom is 0.257 e. The van der Waals surface area contributed by atoms with Crippen molar-refractivity contribution in [3.05, 3.63) is 65.7 Å². The fourth-order valence-electron chi connectivity index (χ4n) is 3.56. The van der Waals surface area contributed by atoms with Crippen molar-refractivity contribution in [3.8, 4) is 5.75 Å². The zero-order valence-electron chi connectivity index (χ0n) is 16.2. The van der Waals surface area contributed by atoms with E-state index in [1.54, 1.807) is 0 Å². The highest BCUT2D eigenvalue weighted by Crippen LogP contribution is 2.21. The van der Waals surface area contributed by atoms with Crippen LogP contribution in [0.15, 0.2) is 54.6 Å². The van der Waals surface area contributed by atoms with Crippen molar-refractivity contribution in [1.82, 2.24) is 10.2 Å². The summed E-state index contributed by atoms with van der Waals surface area (Å²) in [5, 5.41) is 3.01. The number of para-hydroxylation sites is 1. The Hall–Kier alpha value is -2.33. The number of rotatable bonds is 9. The smallest absolute Gasteiger partial charge is 0.257 e. The van der Waals surface area contributed by atoms with E-state index in [0.717, 1.165) is 24.3 Å². The van der Waals surface area contributed by atoms with Crippen molar-refractivity contribution in [3.63, 3.8) is 0 Å². The Morgan fingerprint density at radius 3 is 2.56 bits per heavy atom. The Morgan fingerprint density at radius 2 is 1.78 bits per heavy atom. The number of nitrogens with zero attached hydrogens (tertiary/aromatic N) is 1. The minimum atomic E-state index is -0.0576. The Balaban J connectivity index is 1.44. The van der Waals surface area contributed by atoms with Crippen LogP contribution in [0, 0.1) is 5.92 Å². The summed E-state index contributed by atoms with van der Waals surface area (Å²) in [6.45, 7) is 6.39. The quantitative estimate of drug-likeness (QED) is 0.738. The van der Waals surface area contributed by atoms with Crippen molar-refractivity contribution in [2.75, 3.05) is 32.8 Å². The molecule has 0 aliphatic carbocycles. The lowest BCUT2D eigenvalue weighted by atomic mass is 10.0. The molecule has 144 valence electrons. The van der Waals surface area contributed by atoms with Gasteiger partial charge in [0, 0.05) is 19.5 Å². The van der Waals surface area contributed by atoms with Crippen LogP contribution in [0.2, 0.25) is 0 Å². The molecule has 2 aromatic carbocycles. The van der Waals surface area contributed by atoms with Gasteiger partial charge in [-0.05, 0) is 49.0 Å².